The predicted octanol–water partition coefficient (Wildman–Crippen LogP) is 4.77. The van der Waals surface area contributed by atoms with E-state index in [0.717, 1.165) is 0 Å². The lowest BCUT2D eigenvalue weighted by molar-refractivity contribution is -0.141. The second kappa shape index (κ2) is 7.81. The Balaban J connectivity index is 1.88. The van der Waals surface area contributed by atoms with Crippen molar-refractivity contribution in [2.75, 3.05) is 7.11 Å². The van der Waals surface area contributed by atoms with Crippen LogP contribution in [0.1, 0.15) is 28.6 Å². The highest BCUT2D eigenvalue weighted by Gasteiger charge is 2.23. The van der Waals surface area contributed by atoms with E-state index >= 15 is 0 Å². The maximum absolute atomic E-state index is 12.6. The molecule has 26 heavy (non-hydrogen) atoms. The molecule has 0 radical (unpaired) electrons. The van der Waals surface area contributed by atoms with Crippen molar-refractivity contribution in [2.45, 2.75) is 12.5 Å². The number of ether oxygens (including phenoxy) is 1. The minimum atomic E-state index is -0.652. The molecule has 134 valence electrons. The van der Waals surface area contributed by atoms with E-state index in [1.54, 1.807) is 48.5 Å². The van der Waals surface area contributed by atoms with Crippen LogP contribution in [0.3, 0.4) is 0 Å². The van der Waals surface area contributed by atoms with Crippen LogP contribution >= 0.6 is 23.2 Å². The first-order chi connectivity index (χ1) is 12.5. The van der Waals surface area contributed by atoms with E-state index in [9.17, 15) is 9.59 Å². The van der Waals surface area contributed by atoms with Gasteiger partial charge in [-0.05, 0) is 35.9 Å². The van der Waals surface area contributed by atoms with E-state index in [0.29, 0.717) is 26.6 Å². The summed E-state index contributed by atoms with van der Waals surface area (Å²) in [6.45, 7) is 0. The first-order valence-electron chi connectivity index (χ1n) is 7.79. The molecular formula is C19H15Cl2NO4. The van der Waals surface area contributed by atoms with Gasteiger partial charge in [0.2, 0.25) is 0 Å². The van der Waals surface area contributed by atoms with Crippen LogP contribution in [0, 0.1) is 0 Å². The third-order valence-corrected chi connectivity index (χ3v) is 4.47. The molecule has 1 unspecified atom stereocenters. The van der Waals surface area contributed by atoms with Crippen molar-refractivity contribution in [1.29, 1.82) is 0 Å². The average molecular weight is 392 g/mol. The van der Waals surface area contributed by atoms with Crippen LogP contribution in [0.5, 0.6) is 0 Å². The largest absolute Gasteiger partial charge is 0.469 e. The van der Waals surface area contributed by atoms with Gasteiger partial charge >= 0.3 is 5.97 Å². The summed E-state index contributed by atoms with van der Waals surface area (Å²) >= 11 is 12.2. The van der Waals surface area contributed by atoms with Crippen molar-refractivity contribution in [2.24, 2.45) is 0 Å². The van der Waals surface area contributed by atoms with Crippen molar-refractivity contribution in [3.8, 4) is 0 Å². The molecule has 1 aromatic heterocycles. The van der Waals surface area contributed by atoms with Gasteiger partial charge in [-0.2, -0.15) is 0 Å². The number of carbonyl (C=O) groups is 2. The normalized spacial score (nSPS) is 12.0. The molecule has 0 saturated heterocycles. The number of nitrogens with one attached hydrogen (secondary N) is 1. The number of methoxy groups -OCH3 is 1. The number of carbonyl (C=O) groups excluding carboxylic acids is 2. The first kappa shape index (κ1) is 18.3. The maximum Gasteiger partial charge on any atom is 0.307 e. The predicted molar refractivity (Wildman–Crippen MR) is 99.5 cm³/mol. The Morgan fingerprint density at radius 2 is 1.92 bits per heavy atom. The van der Waals surface area contributed by atoms with Gasteiger partial charge in [0, 0.05) is 15.4 Å². The lowest BCUT2D eigenvalue weighted by atomic mass is 10.0. The van der Waals surface area contributed by atoms with Gasteiger partial charge in [0.1, 0.15) is 5.58 Å². The summed E-state index contributed by atoms with van der Waals surface area (Å²) in [4.78, 5) is 24.4. The van der Waals surface area contributed by atoms with Gasteiger partial charge in [-0.15, -0.1) is 0 Å². The minimum Gasteiger partial charge on any atom is -0.469 e. The molecule has 0 bridgehead atoms. The van der Waals surface area contributed by atoms with Gasteiger partial charge in [-0.3, -0.25) is 9.59 Å². The number of amides is 1. The quantitative estimate of drug-likeness (QED) is 0.635. The molecule has 0 spiro atoms. The lowest BCUT2D eigenvalue weighted by Crippen LogP contribution is -2.30. The number of hydrogen-bond donors (Lipinski definition) is 1. The summed E-state index contributed by atoms with van der Waals surface area (Å²) in [6, 6.07) is 13.0. The van der Waals surface area contributed by atoms with E-state index < -0.39 is 17.9 Å². The molecule has 0 saturated carbocycles. The number of rotatable bonds is 5. The summed E-state index contributed by atoms with van der Waals surface area (Å²) < 4.78 is 10.3. The highest BCUT2D eigenvalue weighted by atomic mass is 35.5. The van der Waals surface area contributed by atoms with Crippen molar-refractivity contribution in [3.05, 3.63) is 69.9 Å². The molecule has 0 fully saturated rings. The van der Waals surface area contributed by atoms with Crippen molar-refractivity contribution in [1.82, 2.24) is 5.32 Å². The van der Waals surface area contributed by atoms with Crippen LogP contribution in [-0.4, -0.2) is 19.0 Å². The van der Waals surface area contributed by atoms with Crippen molar-refractivity contribution >= 4 is 46.0 Å². The number of furan rings is 1. The monoisotopic (exact) mass is 391 g/mol. The van der Waals surface area contributed by atoms with E-state index in [4.69, 9.17) is 32.4 Å². The molecule has 0 aliphatic heterocycles. The molecule has 0 aliphatic carbocycles. The molecule has 3 aromatic rings. The fourth-order valence-electron chi connectivity index (χ4n) is 2.60. The van der Waals surface area contributed by atoms with Crippen LogP contribution in [0.25, 0.3) is 11.0 Å². The second-order valence-corrected chi connectivity index (χ2v) is 6.46. The fraction of sp³-hybridized carbons (Fsp3) is 0.158. The SMILES string of the molecule is COC(=O)CC(NC(=O)c1cc2cc(Cl)ccc2o1)c1ccccc1Cl. The molecule has 1 N–H and O–H groups in total. The van der Waals surface area contributed by atoms with Crippen LogP contribution in [0.4, 0.5) is 0 Å². The van der Waals surface area contributed by atoms with Gasteiger partial charge in [-0.25, -0.2) is 0 Å². The number of halogens is 2. The van der Waals surface area contributed by atoms with E-state index in [-0.39, 0.29) is 12.2 Å². The lowest BCUT2D eigenvalue weighted by Gasteiger charge is -2.18. The Bertz CT molecular complexity index is 967. The van der Waals surface area contributed by atoms with Crippen LogP contribution in [0.15, 0.2) is 52.9 Å². The summed E-state index contributed by atoms with van der Waals surface area (Å²) in [7, 11) is 1.29. The molecular weight excluding hydrogens is 377 g/mol. The zero-order chi connectivity index (χ0) is 18.7. The van der Waals surface area contributed by atoms with Crippen LogP contribution in [-0.2, 0) is 9.53 Å². The Hall–Kier alpha value is -2.50. The molecule has 2 aromatic carbocycles. The number of esters is 1. The van der Waals surface area contributed by atoms with Gasteiger partial charge in [0.05, 0.1) is 19.6 Å². The number of benzene rings is 2. The maximum atomic E-state index is 12.6. The Morgan fingerprint density at radius 3 is 2.65 bits per heavy atom. The van der Waals surface area contributed by atoms with Crippen LogP contribution < -0.4 is 5.32 Å². The Kier molecular flexibility index (Phi) is 5.49. The number of fused-ring (bicyclic) bond motifs is 1. The van der Waals surface area contributed by atoms with Gasteiger partial charge in [0.15, 0.2) is 5.76 Å². The van der Waals surface area contributed by atoms with Gasteiger partial charge < -0.3 is 14.5 Å². The van der Waals surface area contributed by atoms with Crippen LogP contribution in [0.2, 0.25) is 10.0 Å². The molecule has 1 amide bonds. The van der Waals surface area contributed by atoms with E-state index in [1.807, 2.05) is 0 Å². The standard InChI is InChI=1S/C19H15Cl2NO4/c1-25-18(23)10-15(13-4-2-3-5-14(13)21)22-19(24)17-9-11-8-12(20)6-7-16(11)26-17/h2-9,15H,10H2,1H3,(H,22,24). The molecule has 0 aliphatic rings. The zero-order valence-corrected chi connectivity index (χ0v) is 15.3. The Labute approximate surface area is 159 Å². The third kappa shape index (κ3) is 4.00. The summed E-state index contributed by atoms with van der Waals surface area (Å²) in [5.41, 5.74) is 1.16. The topological polar surface area (TPSA) is 68.5 Å². The second-order valence-electron chi connectivity index (χ2n) is 5.62. The number of hydrogen-bond acceptors (Lipinski definition) is 4. The highest BCUT2D eigenvalue weighted by Crippen LogP contribution is 2.27. The molecule has 1 atom stereocenters. The summed E-state index contributed by atoms with van der Waals surface area (Å²) in [6.07, 6.45) is -0.0575. The van der Waals surface area contributed by atoms with Gasteiger partial charge in [0.25, 0.3) is 5.91 Å². The molecule has 7 heteroatoms. The molecule has 1 heterocycles. The first-order valence-corrected chi connectivity index (χ1v) is 8.54. The van der Waals surface area contributed by atoms with Crippen molar-refractivity contribution in [3.63, 3.8) is 0 Å². The average Bonchev–Trinajstić information content (AvgIpc) is 3.04. The molecule has 5 nitrogen and oxygen atoms in total. The van der Waals surface area contributed by atoms with Gasteiger partial charge in [-0.1, -0.05) is 41.4 Å². The Morgan fingerprint density at radius 1 is 1.15 bits per heavy atom. The molecule has 3 rings (SSSR count). The van der Waals surface area contributed by atoms with Crippen molar-refractivity contribution < 1.29 is 18.7 Å². The zero-order valence-electron chi connectivity index (χ0n) is 13.8. The fourth-order valence-corrected chi connectivity index (χ4v) is 3.05. The summed E-state index contributed by atoms with van der Waals surface area (Å²) in [5.74, 6) is -0.818. The smallest absolute Gasteiger partial charge is 0.307 e. The highest BCUT2D eigenvalue weighted by molar-refractivity contribution is 6.31. The van der Waals surface area contributed by atoms with E-state index in [2.05, 4.69) is 5.32 Å². The summed E-state index contributed by atoms with van der Waals surface area (Å²) in [5, 5.41) is 4.48. The third-order valence-electron chi connectivity index (χ3n) is 3.89. The van der Waals surface area contributed by atoms with E-state index in [1.165, 1.54) is 7.11 Å². The minimum absolute atomic E-state index is 0.0575.